The third kappa shape index (κ3) is 0.986. The van der Waals surface area contributed by atoms with Gasteiger partial charge < -0.3 is 5.73 Å². The highest BCUT2D eigenvalue weighted by molar-refractivity contribution is 5.48. The van der Waals surface area contributed by atoms with Crippen molar-refractivity contribution in [3.8, 4) is 0 Å². The number of alkyl halides is 1. The van der Waals surface area contributed by atoms with Crippen molar-refractivity contribution >= 4 is 5.69 Å². The predicted octanol–water partition coefficient (Wildman–Crippen LogP) is 2.40. The van der Waals surface area contributed by atoms with Crippen molar-refractivity contribution < 1.29 is 4.39 Å². The van der Waals surface area contributed by atoms with Gasteiger partial charge in [0.25, 0.3) is 0 Å². The molecule has 1 aromatic carbocycles. The van der Waals surface area contributed by atoms with Gasteiger partial charge in [0, 0.05) is 5.69 Å². The molecule has 1 unspecified atom stereocenters. The van der Waals surface area contributed by atoms with Gasteiger partial charge in [-0.3, -0.25) is 0 Å². The Balaban J connectivity index is 2.55. The summed E-state index contributed by atoms with van der Waals surface area (Å²) < 4.78 is 13.7. The fraction of sp³-hybridized carbons (Fsp3) is 0.400. The minimum Gasteiger partial charge on any atom is -0.399 e. The molecule has 2 N–H and O–H groups in total. The highest BCUT2D eigenvalue weighted by Gasteiger charge is 2.33. The SMILES string of the molecule is CC1(F)CCc2cc(N)ccc21. The van der Waals surface area contributed by atoms with Crippen LogP contribution < -0.4 is 5.73 Å². The number of halogens is 1. The Morgan fingerprint density at radius 1 is 1.50 bits per heavy atom. The molecule has 0 saturated heterocycles. The number of hydrogen-bond acceptors (Lipinski definition) is 1. The van der Waals surface area contributed by atoms with Crippen molar-refractivity contribution in [3.05, 3.63) is 29.3 Å². The molecule has 2 heteroatoms. The topological polar surface area (TPSA) is 26.0 Å². The maximum absolute atomic E-state index is 13.7. The van der Waals surface area contributed by atoms with Gasteiger partial charge in [-0.1, -0.05) is 6.07 Å². The minimum absolute atomic E-state index is 0.589. The highest BCUT2D eigenvalue weighted by Crippen LogP contribution is 2.40. The molecule has 1 aliphatic rings. The lowest BCUT2D eigenvalue weighted by atomic mass is 10.0. The van der Waals surface area contributed by atoms with Gasteiger partial charge in [0.15, 0.2) is 0 Å². The number of aryl methyl sites for hydroxylation is 1. The van der Waals surface area contributed by atoms with E-state index in [1.807, 2.05) is 6.07 Å². The zero-order chi connectivity index (χ0) is 8.77. The first-order valence-electron chi connectivity index (χ1n) is 4.17. The average molecular weight is 165 g/mol. The van der Waals surface area contributed by atoms with E-state index in [2.05, 4.69) is 0 Å². The van der Waals surface area contributed by atoms with Gasteiger partial charge in [-0.25, -0.2) is 4.39 Å². The van der Waals surface area contributed by atoms with Crippen molar-refractivity contribution in [1.29, 1.82) is 0 Å². The maximum Gasteiger partial charge on any atom is 0.133 e. The lowest BCUT2D eigenvalue weighted by molar-refractivity contribution is 0.194. The summed E-state index contributed by atoms with van der Waals surface area (Å²) >= 11 is 0. The van der Waals surface area contributed by atoms with E-state index in [0.717, 1.165) is 23.2 Å². The zero-order valence-corrected chi connectivity index (χ0v) is 7.10. The van der Waals surface area contributed by atoms with Crippen LogP contribution in [-0.2, 0) is 12.1 Å². The van der Waals surface area contributed by atoms with Crippen LogP contribution >= 0.6 is 0 Å². The van der Waals surface area contributed by atoms with E-state index in [1.165, 1.54) is 0 Å². The van der Waals surface area contributed by atoms with Crippen LogP contribution in [0, 0.1) is 0 Å². The van der Waals surface area contributed by atoms with Crippen molar-refractivity contribution in [2.24, 2.45) is 0 Å². The van der Waals surface area contributed by atoms with Crippen LogP contribution in [0.5, 0.6) is 0 Å². The van der Waals surface area contributed by atoms with E-state index in [0.29, 0.717) is 6.42 Å². The number of fused-ring (bicyclic) bond motifs is 1. The summed E-state index contributed by atoms with van der Waals surface area (Å²) in [6, 6.07) is 5.44. The molecule has 1 aliphatic carbocycles. The number of nitrogen functional groups attached to an aromatic ring is 1. The highest BCUT2D eigenvalue weighted by atomic mass is 19.1. The van der Waals surface area contributed by atoms with E-state index in [4.69, 9.17) is 5.73 Å². The first-order chi connectivity index (χ1) is 5.59. The molecule has 0 aromatic heterocycles. The normalized spacial score (nSPS) is 27.2. The molecule has 0 radical (unpaired) electrons. The first kappa shape index (κ1) is 7.59. The molecule has 0 aliphatic heterocycles. The number of anilines is 1. The summed E-state index contributed by atoms with van der Waals surface area (Å²) in [4.78, 5) is 0. The smallest absolute Gasteiger partial charge is 0.133 e. The van der Waals surface area contributed by atoms with Crippen molar-refractivity contribution in [2.45, 2.75) is 25.4 Å². The van der Waals surface area contributed by atoms with Gasteiger partial charge in [0.2, 0.25) is 0 Å². The average Bonchev–Trinajstić information content (AvgIpc) is 2.27. The maximum atomic E-state index is 13.7. The third-order valence-electron chi connectivity index (χ3n) is 2.55. The summed E-state index contributed by atoms with van der Waals surface area (Å²) in [7, 11) is 0. The number of rotatable bonds is 0. The monoisotopic (exact) mass is 165 g/mol. The molecule has 0 heterocycles. The molecule has 0 amide bonds. The van der Waals surface area contributed by atoms with Gasteiger partial charge in [-0.15, -0.1) is 0 Å². The molecule has 12 heavy (non-hydrogen) atoms. The van der Waals surface area contributed by atoms with Gasteiger partial charge >= 0.3 is 0 Å². The van der Waals surface area contributed by atoms with Crippen LogP contribution in [0.1, 0.15) is 24.5 Å². The second-order valence-corrected chi connectivity index (χ2v) is 3.61. The molecule has 0 fully saturated rings. The van der Waals surface area contributed by atoms with E-state index in [9.17, 15) is 4.39 Å². The largest absolute Gasteiger partial charge is 0.399 e. The summed E-state index contributed by atoms with van der Waals surface area (Å²) in [5.41, 5.74) is 7.08. The molecule has 0 saturated carbocycles. The zero-order valence-electron chi connectivity index (χ0n) is 7.10. The first-order valence-corrected chi connectivity index (χ1v) is 4.17. The Hall–Kier alpha value is -1.05. The molecule has 1 aromatic rings. The summed E-state index contributed by atoms with van der Waals surface area (Å²) in [6.07, 6.45) is 1.40. The van der Waals surface area contributed by atoms with E-state index in [-0.39, 0.29) is 0 Å². The van der Waals surface area contributed by atoms with Crippen molar-refractivity contribution in [3.63, 3.8) is 0 Å². The Labute approximate surface area is 71.4 Å². The van der Waals surface area contributed by atoms with Crippen LogP contribution in [0.2, 0.25) is 0 Å². The standard InChI is InChI=1S/C10H12FN/c1-10(11)5-4-7-6-8(12)2-3-9(7)10/h2-3,6H,4-5,12H2,1H3. The molecule has 0 bridgehead atoms. The second kappa shape index (κ2) is 2.22. The second-order valence-electron chi connectivity index (χ2n) is 3.61. The van der Waals surface area contributed by atoms with Crippen LogP contribution in [0.3, 0.4) is 0 Å². The molecule has 1 nitrogen and oxygen atoms in total. The van der Waals surface area contributed by atoms with Crippen LogP contribution in [0.15, 0.2) is 18.2 Å². The number of nitrogens with two attached hydrogens (primary N) is 1. The minimum atomic E-state index is -1.14. The van der Waals surface area contributed by atoms with Crippen LogP contribution in [0.25, 0.3) is 0 Å². The molecule has 0 spiro atoms. The van der Waals surface area contributed by atoms with Gasteiger partial charge in [0.1, 0.15) is 5.67 Å². The van der Waals surface area contributed by atoms with Crippen LogP contribution in [-0.4, -0.2) is 0 Å². The molecule has 64 valence electrons. The van der Waals surface area contributed by atoms with E-state index < -0.39 is 5.67 Å². The van der Waals surface area contributed by atoms with Crippen molar-refractivity contribution in [2.75, 3.05) is 5.73 Å². The Kier molecular flexibility index (Phi) is 1.40. The van der Waals surface area contributed by atoms with E-state index >= 15 is 0 Å². The lowest BCUT2D eigenvalue weighted by Crippen LogP contribution is -2.09. The number of benzene rings is 1. The quantitative estimate of drug-likeness (QED) is 0.587. The fourth-order valence-electron chi connectivity index (χ4n) is 1.83. The van der Waals surface area contributed by atoms with Gasteiger partial charge in [0.05, 0.1) is 0 Å². The Morgan fingerprint density at radius 2 is 2.25 bits per heavy atom. The molecule has 1 atom stereocenters. The predicted molar refractivity (Wildman–Crippen MR) is 47.6 cm³/mol. The number of hydrogen-bond donors (Lipinski definition) is 1. The molecular weight excluding hydrogens is 153 g/mol. The third-order valence-corrected chi connectivity index (χ3v) is 2.55. The van der Waals surface area contributed by atoms with Gasteiger partial charge in [-0.2, -0.15) is 0 Å². The van der Waals surface area contributed by atoms with Gasteiger partial charge in [-0.05, 0) is 43.0 Å². The lowest BCUT2D eigenvalue weighted by Gasteiger charge is -2.13. The Morgan fingerprint density at radius 3 is 3.00 bits per heavy atom. The molecular formula is C10H12FN. The van der Waals surface area contributed by atoms with E-state index in [1.54, 1.807) is 19.1 Å². The molecule has 2 rings (SSSR count). The summed E-state index contributed by atoms with van der Waals surface area (Å²) in [5.74, 6) is 0. The van der Waals surface area contributed by atoms with Crippen LogP contribution in [0.4, 0.5) is 10.1 Å². The fourth-order valence-corrected chi connectivity index (χ4v) is 1.83. The summed E-state index contributed by atoms with van der Waals surface area (Å²) in [5, 5.41) is 0. The Bertz CT molecular complexity index is 318. The van der Waals surface area contributed by atoms with Crippen molar-refractivity contribution in [1.82, 2.24) is 0 Å². The summed E-state index contributed by atoms with van der Waals surface area (Å²) in [6.45, 7) is 1.63.